The van der Waals surface area contributed by atoms with E-state index in [0.29, 0.717) is 0 Å². The van der Waals surface area contributed by atoms with Crippen molar-refractivity contribution in [2.24, 2.45) is 0 Å². The summed E-state index contributed by atoms with van der Waals surface area (Å²) in [6.07, 6.45) is -2.07. The van der Waals surface area contributed by atoms with Gasteiger partial charge in [0.2, 0.25) is 0 Å². The number of phenolic OH excluding ortho intramolecular Hbond substituents is 2. The largest absolute Gasteiger partial charge is 0.504 e. The molecule has 0 aliphatic carbocycles. The topological polar surface area (TPSA) is 98.0 Å². The van der Waals surface area contributed by atoms with Gasteiger partial charge in [-0.15, -0.1) is 0 Å². The summed E-state index contributed by atoms with van der Waals surface area (Å²) in [7, 11) is 0. The number of carbonyl (C=O) groups is 1. The molecule has 0 saturated heterocycles. The van der Waals surface area contributed by atoms with E-state index in [0.717, 1.165) is 12.1 Å². The average molecular weight is 202 g/mol. The number of halogens is 1. The fourth-order valence-electron chi connectivity index (χ4n) is 0.914. The van der Waals surface area contributed by atoms with Crippen LogP contribution in [0.5, 0.6) is 11.5 Å². The Balaban J connectivity index is 3.24. The van der Waals surface area contributed by atoms with Crippen molar-refractivity contribution in [2.45, 2.75) is 6.10 Å². The van der Waals surface area contributed by atoms with E-state index in [4.69, 9.17) is 20.4 Å². The molecular formula is C8H7FO5. The zero-order valence-corrected chi connectivity index (χ0v) is 6.81. The Morgan fingerprint density at radius 2 is 1.93 bits per heavy atom. The van der Waals surface area contributed by atoms with E-state index >= 15 is 0 Å². The molecule has 0 aliphatic rings. The van der Waals surface area contributed by atoms with Crippen LogP contribution >= 0.6 is 0 Å². The van der Waals surface area contributed by atoms with Crippen LogP contribution < -0.4 is 0 Å². The lowest BCUT2D eigenvalue weighted by atomic mass is 10.1. The summed E-state index contributed by atoms with van der Waals surface area (Å²) < 4.78 is 13.0. The van der Waals surface area contributed by atoms with Gasteiger partial charge in [0, 0.05) is 5.56 Å². The quantitative estimate of drug-likeness (QED) is 0.519. The van der Waals surface area contributed by atoms with Crippen LogP contribution in [-0.4, -0.2) is 26.4 Å². The van der Waals surface area contributed by atoms with Gasteiger partial charge in [-0.1, -0.05) is 0 Å². The highest BCUT2D eigenvalue weighted by atomic mass is 19.1. The molecule has 1 rings (SSSR count). The van der Waals surface area contributed by atoms with Crippen LogP contribution in [0.25, 0.3) is 0 Å². The Labute approximate surface area is 77.7 Å². The molecule has 0 aromatic heterocycles. The second kappa shape index (κ2) is 3.51. The van der Waals surface area contributed by atoms with Gasteiger partial charge in [0.1, 0.15) is 0 Å². The van der Waals surface area contributed by atoms with E-state index in [9.17, 15) is 9.18 Å². The molecule has 0 aliphatic heterocycles. The number of carboxylic acids is 1. The third kappa shape index (κ3) is 1.60. The molecule has 4 N–H and O–H groups in total. The Bertz CT molecular complexity index is 376. The van der Waals surface area contributed by atoms with Crippen LogP contribution in [0.15, 0.2) is 12.1 Å². The van der Waals surface area contributed by atoms with E-state index in [1.165, 1.54) is 0 Å². The molecule has 0 heterocycles. The second-order valence-electron chi connectivity index (χ2n) is 2.58. The van der Waals surface area contributed by atoms with Gasteiger partial charge in [-0.25, -0.2) is 9.18 Å². The Morgan fingerprint density at radius 1 is 1.36 bits per heavy atom. The molecular weight excluding hydrogens is 195 g/mol. The number of aliphatic hydroxyl groups excluding tert-OH is 1. The first-order chi connectivity index (χ1) is 6.45. The molecule has 1 aromatic rings. The lowest BCUT2D eigenvalue weighted by Gasteiger charge is -2.08. The molecule has 0 unspecified atom stereocenters. The van der Waals surface area contributed by atoms with Crippen LogP contribution in [-0.2, 0) is 4.79 Å². The Morgan fingerprint density at radius 3 is 2.43 bits per heavy atom. The monoisotopic (exact) mass is 202 g/mol. The highest BCUT2D eigenvalue weighted by Gasteiger charge is 2.23. The van der Waals surface area contributed by atoms with E-state index in [1.54, 1.807) is 0 Å². The molecule has 14 heavy (non-hydrogen) atoms. The number of carboxylic acid groups (broad SMARTS) is 1. The number of rotatable bonds is 2. The molecule has 0 amide bonds. The minimum atomic E-state index is -2.07. The number of benzene rings is 1. The van der Waals surface area contributed by atoms with Gasteiger partial charge in [-0.3, -0.25) is 0 Å². The standard InChI is InChI=1S/C8H7FO5/c9-5-3(6(11)8(13)14)1-2-4(10)7(5)12/h1-2,6,10-12H,(H,13,14)/t6-/m1/s1. The van der Waals surface area contributed by atoms with Crippen LogP contribution in [0.3, 0.4) is 0 Å². The van der Waals surface area contributed by atoms with E-state index in [-0.39, 0.29) is 0 Å². The van der Waals surface area contributed by atoms with Crippen LogP contribution in [0, 0.1) is 5.82 Å². The van der Waals surface area contributed by atoms with Gasteiger partial charge in [-0.05, 0) is 12.1 Å². The highest BCUT2D eigenvalue weighted by molar-refractivity contribution is 5.74. The van der Waals surface area contributed by atoms with Gasteiger partial charge in [-0.2, -0.15) is 0 Å². The van der Waals surface area contributed by atoms with E-state index < -0.39 is 35.0 Å². The molecule has 76 valence electrons. The van der Waals surface area contributed by atoms with Gasteiger partial charge in [0.15, 0.2) is 23.4 Å². The van der Waals surface area contributed by atoms with Crippen LogP contribution in [0.1, 0.15) is 11.7 Å². The number of aromatic hydroxyl groups is 2. The highest BCUT2D eigenvalue weighted by Crippen LogP contribution is 2.32. The molecule has 0 fully saturated rings. The summed E-state index contributed by atoms with van der Waals surface area (Å²) in [6.45, 7) is 0. The van der Waals surface area contributed by atoms with Gasteiger partial charge < -0.3 is 20.4 Å². The lowest BCUT2D eigenvalue weighted by molar-refractivity contribution is -0.147. The van der Waals surface area contributed by atoms with E-state index in [1.807, 2.05) is 0 Å². The smallest absolute Gasteiger partial charge is 0.337 e. The average Bonchev–Trinajstić information content (AvgIpc) is 2.13. The molecule has 0 radical (unpaired) electrons. The number of aliphatic hydroxyl groups is 1. The van der Waals surface area contributed by atoms with Crippen LogP contribution in [0.4, 0.5) is 4.39 Å². The van der Waals surface area contributed by atoms with Gasteiger partial charge in [0.25, 0.3) is 0 Å². The van der Waals surface area contributed by atoms with Crippen molar-refractivity contribution >= 4 is 5.97 Å². The minimum Gasteiger partial charge on any atom is -0.504 e. The first kappa shape index (κ1) is 10.3. The summed E-state index contributed by atoms with van der Waals surface area (Å²) in [5, 5.41) is 35.0. The third-order valence-corrected chi connectivity index (χ3v) is 1.65. The molecule has 0 spiro atoms. The van der Waals surface area contributed by atoms with E-state index in [2.05, 4.69) is 0 Å². The third-order valence-electron chi connectivity index (χ3n) is 1.65. The molecule has 0 bridgehead atoms. The number of aliphatic carboxylic acids is 1. The predicted octanol–water partition coefficient (Wildman–Crippen LogP) is 0.355. The summed E-state index contributed by atoms with van der Waals surface area (Å²) in [4.78, 5) is 10.3. The Hall–Kier alpha value is -1.82. The van der Waals surface area contributed by atoms with Crippen molar-refractivity contribution in [3.8, 4) is 11.5 Å². The predicted molar refractivity (Wildman–Crippen MR) is 42.3 cm³/mol. The maximum Gasteiger partial charge on any atom is 0.337 e. The van der Waals surface area contributed by atoms with Crippen molar-refractivity contribution in [3.05, 3.63) is 23.5 Å². The fraction of sp³-hybridized carbons (Fsp3) is 0.125. The van der Waals surface area contributed by atoms with Crippen molar-refractivity contribution in [1.29, 1.82) is 0 Å². The molecule has 5 nitrogen and oxygen atoms in total. The van der Waals surface area contributed by atoms with Crippen molar-refractivity contribution in [1.82, 2.24) is 0 Å². The normalized spacial score (nSPS) is 12.4. The minimum absolute atomic E-state index is 0.604. The molecule has 1 aromatic carbocycles. The summed E-state index contributed by atoms with van der Waals surface area (Å²) in [6, 6.07) is 1.77. The fourth-order valence-corrected chi connectivity index (χ4v) is 0.914. The zero-order chi connectivity index (χ0) is 10.9. The second-order valence-corrected chi connectivity index (χ2v) is 2.58. The molecule has 1 atom stereocenters. The maximum absolute atomic E-state index is 13.0. The van der Waals surface area contributed by atoms with Crippen molar-refractivity contribution in [3.63, 3.8) is 0 Å². The first-order valence-electron chi connectivity index (χ1n) is 3.56. The first-order valence-corrected chi connectivity index (χ1v) is 3.56. The van der Waals surface area contributed by atoms with Crippen molar-refractivity contribution in [2.75, 3.05) is 0 Å². The Kier molecular flexibility index (Phi) is 2.57. The summed E-state index contributed by atoms with van der Waals surface area (Å²) >= 11 is 0. The number of hydrogen-bond acceptors (Lipinski definition) is 4. The number of hydrogen-bond donors (Lipinski definition) is 4. The summed E-state index contributed by atoms with van der Waals surface area (Å²) in [5.74, 6) is -4.79. The number of phenols is 2. The molecule has 0 saturated carbocycles. The maximum atomic E-state index is 13.0. The lowest BCUT2D eigenvalue weighted by Crippen LogP contribution is -2.12. The SMILES string of the molecule is O=C(O)[C@H](O)c1ccc(O)c(O)c1F. The van der Waals surface area contributed by atoms with Crippen LogP contribution in [0.2, 0.25) is 0 Å². The van der Waals surface area contributed by atoms with Gasteiger partial charge in [0.05, 0.1) is 0 Å². The molecule has 6 heteroatoms. The zero-order valence-electron chi connectivity index (χ0n) is 6.81. The van der Waals surface area contributed by atoms with Gasteiger partial charge >= 0.3 is 5.97 Å². The van der Waals surface area contributed by atoms with Crippen molar-refractivity contribution < 1.29 is 29.6 Å². The summed E-state index contributed by atoms with van der Waals surface area (Å²) in [5.41, 5.74) is -0.604.